The highest BCUT2D eigenvalue weighted by atomic mass is 16.5. The monoisotopic (exact) mass is 454 g/mol. The van der Waals surface area contributed by atoms with Crippen LogP contribution in [0.1, 0.15) is 26.3 Å². The summed E-state index contributed by atoms with van der Waals surface area (Å²) >= 11 is 0. The zero-order valence-electron chi connectivity index (χ0n) is 18.8. The van der Waals surface area contributed by atoms with Crippen LogP contribution in [0.4, 0.5) is 0 Å². The predicted molar refractivity (Wildman–Crippen MR) is 123 cm³/mol. The lowest BCUT2D eigenvalue weighted by Gasteiger charge is -2.21. The SMILES string of the molecule is C=CC(=O)NCCOC(=O)C(CC(C)C)n1c(=C(C#N)C#N)c2ccccc2c1=C(C#N)C#N. The molecule has 170 valence electrons. The van der Waals surface area contributed by atoms with E-state index in [1.807, 2.05) is 38.1 Å². The summed E-state index contributed by atoms with van der Waals surface area (Å²) in [7, 11) is 0. The molecule has 2 rings (SSSR count). The van der Waals surface area contributed by atoms with Crippen molar-refractivity contribution in [2.45, 2.75) is 26.3 Å². The first kappa shape index (κ1) is 25.4. The lowest BCUT2D eigenvalue weighted by Crippen LogP contribution is -2.39. The summed E-state index contributed by atoms with van der Waals surface area (Å²) in [6, 6.07) is 13.1. The summed E-state index contributed by atoms with van der Waals surface area (Å²) in [6.45, 7) is 7.04. The molecule has 0 saturated carbocycles. The summed E-state index contributed by atoms with van der Waals surface area (Å²) in [5.41, 5.74) is -0.532. The molecule has 0 bridgehead atoms. The van der Waals surface area contributed by atoms with Crippen LogP contribution in [-0.4, -0.2) is 29.6 Å². The first-order chi connectivity index (χ1) is 16.3. The molecule has 0 aliphatic rings. The van der Waals surface area contributed by atoms with Crippen molar-refractivity contribution in [1.29, 1.82) is 21.0 Å². The number of hydrogen-bond donors (Lipinski definition) is 1. The van der Waals surface area contributed by atoms with Gasteiger partial charge in [-0.25, -0.2) is 4.79 Å². The lowest BCUT2D eigenvalue weighted by atomic mass is 10.0. The molecule has 0 fully saturated rings. The highest BCUT2D eigenvalue weighted by Crippen LogP contribution is 2.20. The van der Waals surface area contributed by atoms with E-state index in [1.165, 1.54) is 4.57 Å². The summed E-state index contributed by atoms with van der Waals surface area (Å²) in [4.78, 5) is 24.6. The average molecular weight is 454 g/mol. The maximum absolute atomic E-state index is 13.2. The highest BCUT2D eigenvalue weighted by Gasteiger charge is 2.28. The minimum absolute atomic E-state index is 0.0236. The molecular formula is C25H22N6O3. The zero-order valence-corrected chi connectivity index (χ0v) is 18.8. The summed E-state index contributed by atoms with van der Waals surface area (Å²) in [5.74, 6) is -1.13. The number of hydrogen-bond acceptors (Lipinski definition) is 7. The van der Waals surface area contributed by atoms with E-state index in [0.717, 1.165) is 6.08 Å². The van der Waals surface area contributed by atoms with Gasteiger partial charge >= 0.3 is 5.97 Å². The molecule has 9 nitrogen and oxygen atoms in total. The third kappa shape index (κ3) is 5.30. The van der Waals surface area contributed by atoms with Crippen molar-refractivity contribution >= 4 is 33.8 Å². The minimum atomic E-state index is -1.04. The van der Waals surface area contributed by atoms with Crippen molar-refractivity contribution in [1.82, 2.24) is 9.88 Å². The van der Waals surface area contributed by atoms with Crippen molar-refractivity contribution in [2.75, 3.05) is 13.2 Å². The van der Waals surface area contributed by atoms with Crippen LogP contribution >= 0.6 is 0 Å². The second-order valence-electron chi connectivity index (χ2n) is 7.62. The molecular weight excluding hydrogens is 432 g/mol. The molecule has 1 aromatic carbocycles. The van der Waals surface area contributed by atoms with Gasteiger partial charge < -0.3 is 14.6 Å². The van der Waals surface area contributed by atoms with E-state index in [2.05, 4.69) is 11.9 Å². The van der Waals surface area contributed by atoms with Gasteiger partial charge in [0.1, 0.15) is 36.9 Å². The fourth-order valence-corrected chi connectivity index (χ4v) is 3.60. The van der Waals surface area contributed by atoms with Gasteiger partial charge in [0.2, 0.25) is 5.91 Å². The number of nitrogens with zero attached hydrogens (tertiary/aromatic N) is 5. The molecule has 1 atom stereocenters. The molecule has 1 amide bonds. The van der Waals surface area contributed by atoms with E-state index >= 15 is 0 Å². The van der Waals surface area contributed by atoms with Gasteiger partial charge in [-0.1, -0.05) is 44.7 Å². The fraction of sp³-hybridized carbons (Fsp3) is 0.280. The number of carbonyl (C=O) groups is 2. The molecule has 0 aliphatic heterocycles. The van der Waals surface area contributed by atoms with Crippen molar-refractivity contribution in [3.05, 3.63) is 47.6 Å². The third-order valence-electron chi connectivity index (χ3n) is 4.95. The molecule has 0 saturated heterocycles. The Kier molecular flexibility index (Phi) is 8.72. The average Bonchev–Trinajstić information content (AvgIpc) is 3.16. The number of ether oxygens (including phenoxy) is 1. The number of rotatable bonds is 8. The van der Waals surface area contributed by atoms with Crippen molar-refractivity contribution in [2.24, 2.45) is 5.92 Å². The van der Waals surface area contributed by atoms with E-state index in [0.29, 0.717) is 10.8 Å². The van der Waals surface area contributed by atoms with Crippen LogP contribution in [0, 0.1) is 51.2 Å². The molecule has 34 heavy (non-hydrogen) atoms. The highest BCUT2D eigenvalue weighted by molar-refractivity contribution is 5.93. The van der Waals surface area contributed by atoms with E-state index < -0.39 is 17.9 Å². The normalized spacial score (nSPS) is 10.8. The fourth-order valence-electron chi connectivity index (χ4n) is 3.60. The molecule has 0 spiro atoms. The number of amides is 1. The standard InChI is InChI=1S/C25H22N6O3/c1-4-22(32)30-9-10-34-25(33)21(11-16(2)3)31-23(17(12-26)13-27)19-7-5-6-8-20(19)24(31)18(14-28)15-29/h4-8,16,21H,1,9-11H2,2-3H3,(H,30,32). The molecule has 1 N–H and O–H groups in total. The first-order valence-corrected chi connectivity index (χ1v) is 10.4. The number of carbonyl (C=O) groups excluding carboxylic acids is 2. The van der Waals surface area contributed by atoms with E-state index in [-0.39, 0.29) is 47.3 Å². The smallest absolute Gasteiger partial charge is 0.329 e. The van der Waals surface area contributed by atoms with Gasteiger partial charge in [0.15, 0.2) is 11.1 Å². The van der Waals surface area contributed by atoms with Gasteiger partial charge in [-0.05, 0) is 18.4 Å². The van der Waals surface area contributed by atoms with Gasteiger partial charge in [0.25, 0.3) is 0 Å². The van der Waals surface area contributed by atoms with E-state index in [1.54, 1.807) is 24.3 Å². The predicted octanol–water partition coefficient (Wildman–Crippen LogP) is 1.47. The molecule has 0 radical (unpaired) electrons. The molecule has 1 heterocycles. The zero-order chi connectivity index (χ0) is 25.3. The van der Waals surface area contributed by atoms with E-state index in [9.17, 15) is 30.6 Å². The van der Waals surface area contributed by atoms with Crippen molar-refractivity contribution in [3.63, 3.8) is 0 Å². The topological polar surface area (TPSA) is 155 Å². The van der Waals surface area contributed by atoms with Crippen molar-refractivity contribution < 1.29 is 14.3 Å². The lowest BCUT2D eigenvalue weighted by molar-refractivity contribution is -0.148. The van der Waals surface area contributed by atoms with Crippen LogP contribution in [0.5, 0.6) is 0 Å². The molecule has 2 aromatic rings. The number of aromatic nitrogens is 1. The maximum atomic E-state index is 13.2. The van der Waals surface area contributed by atoms with Crippen LogP contribution in [0.25, 0.3) is 21.9 Å². The van der Waals surface area contributed by atoms with Crippen LogP contribution in [0.2, 0.25) is 0 Å². The Hall–Kier alpha value is -4.86. The Balaban J connectivity index is 2.88. The largest absolute Gasteiger partial charge is 0.462 e. The number of nitrogens with one attached hydrogen (secondary N) is 1. The first-order valence-electron chi connectivity index (χ1n) is 10.4. The summed E-state index contributed by atoms with van der Waals surface area (Å²) in [6.07, 6.45) is 1.34. The maximum Gasteiger partial charge on any atom is 0.329 e. The summed E-state index contributed by atoms with van der Waals surface area (Å²) in [5, 5.41) is 42.3. The van der Waals surface area contributed by atoms with Gasteiger partial charge in [0, 0.05) is 10.8 Å². The molecule has 0 aliphatic carbocycles. The number of esters is 1. The number of fused-ring (bicyclic) bond motifs is 1. The molecule has 9 heteroatoms. The summed E-state index contributed by atoms with van der Waals surface area (Å²) < 4.78 is 6.80. The van der Waals surface area contributed by atoms with Crippen LogP contribution in [-0.2, 0) is 14.3 Å². The molecule has 1 unspecified atom stereocenters. The van der Waals surface area contributed by atoms with Crippen LogP contribution in [0.15, 0.2) is 36.9 Å². The quantitative estimate of drug-likeness (QED) is 0.360. The Morgan fingerprint density at radius 2 is 1.53 bits per heavy atom. The van der Waals surface area contributed by atoms with E-state index in [4.69, 9.17) is 4.74 Å². The minimum Gasteiger partial charge on any atom is -0.462 e. The van der Waals surface area contributed by atoms with Gasteiger partial charge in [-0.15, -0.1) is 0 Å². The Morgan fingerprint density at radius 3 is 1.94 bits per heavy atom. The third-order valence-corrected chi connectivity index (χ3v) is 4.95. The van der Waals surface area contributed by atoms with Gasteiger partial charge in [-0.2, -0.15) is 21.0 Å². The second kappa shape index (κ2) is 11.7. The van der Waals surface area contributed by atoms with Crippen LogP contribution < -0.4 is 16.0 Å². The Morgan fingerprint density at radius 1 is 1.03 bits per heavy atom. The Bertz CT molecular complexity index is 1310. The number of nitriles is 4. The second-order valence-corrected chi connectivity index (χ2v) is 7.62. The van der Waals surface area contributed by atoms with Crippen molar-refractivity contribution in [3.8, 4) is 24.3 Å². The molecule has 1 aromatic heterocycles. The Labute approximate surface area is 196 Å². The number of benzene rings is 1. The van der Waals surface area contributed by atoms with Gasteiger partial charge in [0.05, 0.1) is 17.2 Å². The van der Waals surface area contributed by atoms with Crippen LogP contribution in [0.3, 0.4) is 0 Å². The van der Waals surface area contributed by atoms with Gasteiger partial charge in [-0.3, -0.25) is 4.79 Å².